The Balaban J connectivity index is 1.92. The zero-order chi connectivity index (χ0) is 18.1. The van der Waals surface area contributed by atoms with Gasteiger partial charge in [-0.05, 0) is 42.8 Å². The fraction of sp³-hybridized carbons (Fsp3) is 0.235. The molecule has 2 amide bonds. The van der Waals surface area contributed by atoms with Crippen molar-refractivity contribution in [2.24, 2.45) is 16.7 Å². The molecule has 132 valence electrons. The molecule has 2 rings (SSSR count). The van der Waals surface area contributed by atoms with Crippen molar-refractivity contribution in [2.45, 2.75) is 19.8 Å². The molecule has 0 bridgehead atoms. The first-order chi connectivity index (χ1) is 12.1. The van der Waals surface area contributed by atoms with Gasteiger partial charge in [0.2, 0.25) is 0 Å². The maximum atomic E-state index is 11.9. The van der Waals surface area contributed by atoms with Crippen molar-refractivity contribution >= 4 is 23.2 Å². The van der Waals surface area contributed by atoms with Crippen LogP contribution in [0.25, 0.3) is 0 Å². The number of urea groups is 1. The van der Waals surface area contributed by atoms with Crippen molar-refractivity contribution in [1.29, 1.82) is 0 Å². The molecule has 0 unspecified atom stereocenters. The van der Waals surface area contributed by atoms with Crippen LogP contribution in [0.2, 0.25) is 0 Å². The van der Waals surface area contributed by atoms with E-state index in [1.54, 1.807) is 48.8 Å². The van der Waals surface area contributed by atoms with Crippen LogP contribution in [0.3, 0.4) is 0 Å². The van der Waals surface area contributed by atoms with E-state index >= 15 is 0 Å². The number of aromatic nitrogens is 1. The van der Waals surface area contributed by atoms with E-state index in [-0.39, 0.29) is 6.03 Å². The summed E-state index contributed by atoms with van der Waals surface area (Å²) >= 11 is 0. The van der Waals surface area contributed by atoms with Crippen molar-refractivity contribution in [3.05, 3.63) is 54.4 Å². The molecule has 0 aliphatic carbocycles. The van der Waals surface area contributed by atoms with Crippen LogP contribution < -0.4 is 22.2 Å². The van der Waals surface area contributed by atoms with Crippen molar-refractivity contribution in [2.75, 3.05) is 17.2 Å². The van der Waals surface area contributed by atoms with Gasteiger partial charge < -0.3 is 16.4 Å². The molecule has 1 aromatic carbocycles. The average molecular weight is 341 g/mol. The van der Waals surface area contributed by atoms with Crippen LogP contribution >= 0.6 is 0 Å². The molecule has 2 aromatic rings. The van der Waals surface area contributed by atoms with E-state index in [0.717, 1.165) is 18.4 Å². The summed E-state index contributed by atoms with van der Waals surface area (Å²) < 4.78 is 0. The zero-order valence-corrected chi connectivity index (χ0v) is 14.1. The van der Waals surface area contributed by atoms with Crippen LogP contribution in [0.5, 0.6) is 0 Å². The number of nitrogens with one attached hydrogen (secondary N) is 2. The molecule has 1 aromatic heterocycles. The Morgan fingerprint density at radius 3 is 2.56 bits per heavy atom. The standard InChI is InChI=1S/C17H23N7O/c1-2-3-11-24(19)23-16(18)13-6-8-14(9-7-13)21-17(25)22-15-5-4-10-20-12-15/h4-10,12H,2-3,11,19H2,1H3,(H2,18,23)(H2,21,22,25). The molecule has 25 heavy (non-hydrogen) atoms. The molecule has 0 aliphatic rings. The van der Waals surface area contributed by atoms with Gasteiger partial charge in [-0.25, -0.2) is 15.8 Å². The van der Waals surface area contributed by atoms with E-state index in [1.165, 1.54) is 5.12 Å². The van der Waals surface area contributed by atoms with Crippen LogP contribution in [0.4, 0.5) is 16.2 Å². The van der Waals surface area contributed by atoms with E-state index in [2.05, 4.69) is 27.6 Å². The molecule has 0 fully saturated rings. The van der Waals surface area contributed by atoms with Gasteiger partial charge >= 0.3 is 6.03 Å². The number of carbonyl (C=O) groups excluding carboxylic acids is 1. The molecule has 8 heteroatoms. The van der Waals surface area contributed by atoms with E-state index in [0.29, 0.717) is 23.8 Å². The number of anilines is 2. The second kappa shape index (κ2) is 9.24. The second-order valence-corrected chi connectivity index (χ2v) is 5.40. The van der Waals surface area contributed by atoms with Gasteiger partial charge in [0.1, 0.15) is 0 Å². The minimum atomic E-state index is -0.352. The monoisotopic (exact) mass is 341 g/mol. The van der Waals surface area contributed by atoms with Gasteiger partial charge in [0.25, 0.3) is 0 Å². The normalized spacial score (nSPS) is 11.0. The van der Waals surface area contributed by atoms with Crippen LogP contribution in [0.1, 0.15) is 25.3 Å². The van der Waals surface area contributed by atoms with E-state index in [4.69, 9.17) is 11.6 Å². The van der Waals surface area contributed by atoms with E-state index in [9.17, 15) is 4.79 Å². The Hall–Kier alpha value is -3.13. The van der Waals surface area contributed by atoms with Gasteiger partial charge in [0.05, 0.1) is 18.4 Å². The van der Waals surface area contributed by atoms with Gasteiger partial charge in [-0.2, -0.15) is 0 Å². The Labute approximate surface area is 146 Å². The zero-order valence-electron chi connectivity index (χ0n) is 14.1. The third-order valence-electron chi connectivity index (χ3n) is 3.33. The Morgan fingerprint density at radius 2 is 1.92 bits per heavy atom. The quantitative estimate of drug-likeness (QED) is 0.266. The number of rotatable bonds is 7. The summed E-state index contributed by atoms with van der Waals surface area (Å²) in [7, 11) is 0. The smallest absolute Gasteiger partial charge is 0.323 e. The number of nitrogens with zero attached hydrogens (tertiary/aromatic N) is 3. The fourth-order valence-corrected chi connectivity index (χ4v) is 2.02. The van der Waals surface area contributed by atoms with Gasteiger partial charge in [0.15, 0.2) is 5.84 Å². The molecule has 6 N–H and O–H groups in total. The van der Waals surface area contributed by atoms with Gasteiger partial charge in [-0.1, -0.05) is 13.3 Å². The third kappa shape index (κ3) is 6.11. The lowest BCUT2D eigenvalue weighted by atomic mass is 10.2. The average Bonchev–Trinajstić information content (AvgIpc) is 2.61. The molecule has 0 radical (unpaired) electrons. The number of amides is 2. The highest BCUT2D eigenvalue weighted by Crippen LogP contribution is 2.11. The lowest BCUT2D eigenvalue weighted by Crippen LogP contribution is -2.30. The highest BCUT2D eigenvalue weighted by atomic mass is 16.2. The minimum absolute atomic E-state index is 0.324. The lowest BCUT2D eigenvalue weighted by molar-refractivity contribution is 0.262. The highest BCUT2D eigenvalue weighted by molar-refractivity contribution is 6.01. The summed E-state index contributed by atoms with van der Waals surface area (Å²) in [5.41, 5.74) is 7.92. The van der Waals surface area contributed by atoms with E-state index < -0.39 is 0 Å². The Bertz CT molecular complexity index is 701. The number of amidine groups is 1. The molecule has 8 nitrogen and oxygen atoms in total. The number of benzene rings is 1. The molecule has 0 spiro atoms. The van der Waals surface area contributed by atoms with Crippen molar-refractivity contribution in [3.8, 4) is 0 Å². The second-order valence-electron chi connectivity index (χ2n) is 5.40. The number of pyridine rings is 1. The fourth-order valence-electron chi connectivity index (χ4n) is 2.02. The number of hydrazine groups is 1. The SMILES string of the molecule is CCCCN(N)/N=C(\N)c1ccc(NC(=O)Nc2cccnc2)cc1. The number of hydrazone groups is 1. The molecule has 0 atom stereocenters. The molecule has 1 heterocycles. The van der Waals surface area contributed by atoms with Gasteiger partial charge in [-0.3, -0.25) is 4.98 Å². The highest BCUT2D eigenvalue weighted by Gasteiger charge is 2.05. The number of unbranched alkanes of at least 4 members (excludes halogenated alkanes) is 1. The van der Waals surface area contributed by atoms with Crippen LogP contribution in [-0.4, -0.2) is 28.5 Å². The Kier molecular flexibility index (Phi) is 6.73. The topological polar surface area (TPSA) is 122 Å². The summed E-state index contributed by atoms with van der Waals surface area (Å²) in [6, 6.07) is 10.2. The predicted molar refractivity (Wildman–Crippen MR) is 99.8 cm³/mol. The summed E-state index contributed by atoms with van der Waals surface area (Å²) in [6.07, 6.45) is 5.18. The molecular weight excluding hydrogens is 318 g/mol. The number of nitrogens with two attached hydrogens (primary N) is 2. The van der Waals surface area contributed by atoms with Gasteiger partial charge in [-0.15, -0.1) is 5.10 Å². The number of hydrogen-bond acceptors (Lipinski definition) is 5. The predicted octanol–water partition coefficient (Wildman–Crippen LogP) is 2.32. The summed E-state index contributed by atoms with van der Waals surface area (Å²) in [5.74, 6) is 6.09. The van der Waals surface area contributed by atoms with Gasteiger partial charge in [0, 0.05) is 17.4 Å². The summed E-state index contributed by atoms with van der Waals surface area (Å²) in [4.78, 5) is 15.9. The molecule has 0 saturated carbocycles. The minimum Gasteiger partial charge on any atom is -0.382 e. The molecule has 0 saturated heterocycles. The molecular formula is C17H23N7O. The largest absolute Gasteiger partial charge is 0.382 e. The third-order valence-corrected chi connectivity index (χ3v) is 3.33. The van der Waals surface area contributed by atoms with Crippen LogP contribution in [0, 0.1) is 0 Å². The first-order valence-electron chi connectivity index (χ1n) is 8.03. The van der Waals surface area contributed by atoms with E-state index in [1.807, 2.05) is 0 Å². The van der Waals surface area contributed by atoms with Crippen molar-refractivity contribution in [1.82, 2.24) is 10.1 Å². The van der Waals surface area contributed by atoms with Crippen molar-refractivity contribution in [3.63, 3.8) is 0 Å². The number of hydrogen-bond donors (Lipinski definition) is 4. The maximum Gasteiger partial charge on any atom is 0.323 e. The van der Waals surface area contributed by atoms with Crippen LogP contribution in [0.15, 0.2) is 53.9 Å². The van der Waals surface area contributed by atoms with Crippen molar-refractivity contribution < 1.29 is 4.79 Å². The Morgan fingerprint density at radius 1 is 1.20 bits per heavy atom. The summed E-state index contributed by atoms with van der Waals surface area (Å²) in [6.45, 7) is 2.72. The number of carbonyl (C=O) groups is 1. The summed E-state index contributed by atoms with van der Waals surface area (Å²) in [5, 5.41) is 10.9. The lowest BCUT2D eigenvalue weighted by Gasteiger charge is -2.13. The first kappa shape index (κ1) is 18.2. The maximum absolute atomic E-state index is 11.9. The van der Waals surface area contributed by atoms with Crippen LogP contribution in [-0.2, 0) is 0 Å². The molecule has 0 aliphatic heterocycles. The first-order valence-corrected chi connectivity index (χ1v) is 8.03.